The van der Waals surface area contributed by atoms with E-state index in [4.69, 9.17) is 10.5 Å². The molecular weight excluding hydrogens is 328 g/mol. The second-order valence-corrected chi connectivity index (χ2v) is 5.72. The third-order valence-electron chi connectivity index (χ3n) is 4.03. The van der Waals surface area contributed by atoms with E-state index in [-0.39, 0.29) is 0 Å². The van der Waals surface area contributed by atoms with Crippen LogP contribution in [0.4, 0.5) is 5.82 Å². The molecule has 0 aliphatic carbocycles. The van der Waals surface area contributed by atoms with Crippen LogP contribution in [-0.2, 0) is 6.42 Å². The minimum Gasteiger partial charge on any atom is -0.496 e. The Bertz CT molecular complexity index is 894. The van der Waals surface area contributed by atoms with Crippen molar-refractivity contribution in [2.75, 3.05) is 19.0 Å². The molecule has 1 aromatic heterocycles. The van der Waals surface area contributed by atoms with Crippen molar-refractivity contribution in [3.63, 3.8) is 0 Å². The Morgan fingerprint density at radius 1 is 1.12 bits per heavy atom. The van der Waals surface area contributed by atoms with Gasteiger partial charge in [-0.25, -0.2) is 9.97 Å². The fourth-order valence-corrected chi connectivity index (χ4v) is 2.65. The standard InChI is InChI=1S/C20H20N4O2/c1-26-18-5-3-2-4-15(18)10-11-22-19-12-17(23-13-24-19)14-6-8-16(9-7-14)20(21)25/h2-9,12-13H,10-11H2,1H3,(H2,21,25)(H,22,23,24). The first-order valence-electron chi connectivity index (χ1n) is 8.25. The van der Waals surface area contributed by atoms with Crippen molar-refractivity contribution in [1.29, 1.82) is 0 Å². The maximum atomic E-state index is 11.2. The fraction of sp³-hybridized carbons (Fsp3) is 0.150. The zero-order valence-corrected chi connectivity index (χ0v) is 14.5. The molecule has 6 nitrogen and oxygen atoms in total. The average Bonchev–Trinajstić information content (AvgIpc) is 2.68. The molecule has 0 radical (unpaired) electrons. The average molecular weight is 348 g/mol. The van der Waals surface area contributed by atoms with E-state index in [0.29, 0.717) is 5.56 Å². The monoisotopic (exact) mass is 348 g/mol. The second kappa shape index (κ2) is 8.11. The Hall–Kier alpha value is -3.41. The van der Waals surface area contributed by atoms with Crippen molar-refractivity contribution >= 4 is 11.7 Å². The third kappa shape index (κ3) is 4.16. The molecule has 1 heterocycles. The van der Waals surface area contributed by atoms with Crippen LogP contribution >= 0.6 is 0 Å². The number of rotatable bonds is 7. The van der Waals surface area contributed by atoms with Crippen molar-refractivity contribution in [1.82, 2.24) is 9.97 Å². The summed E-state index contributed by atoms with van der Waals surface area (Å²) in [6.45, 7) is 0.720. The van der Waals surface area contributed by atoms with Gasteiger partial charge in [0.1, 0.15) is 17.9 Å². The van der Waals surface area contributed by atoms with Gasteiger partial charge < -0.3 is 15.8 Å². The number of ether oxygens (including phenoxy) is 1. The van der Waals surface area contributed by atoms with E-state index in [2.05, 4.69) is 15.3 Å². The van der Waals surface area contributed by atoms with Gasteiger partial charge in [-0.1, -0.05) is 30.3 Å². The molecule has 0 saturated heterocycles. The highest BCUT2D eigenvalue weighted by Crippen LogP contribution is 2.20. The summed E-state index contributed by atoms with van der Waals surface area (Å²) in [6.07, 6.45) is 2.33. The van der Waals surface area contributed by atoms with Crippen LogP contribution in [0, 0.1) is 0 Å². The smallest absolute Gasteiger partial charge is 0.248 e. The first-order chi connectivity index (χ1) is 12.7. The molecule has 0 unspecified atom stereocenters. The summed E-state index contributed by atoms with van der Waals surface area (Å²) in [4.78, 5) is 19.7. The summed E-state index contributed by atoms with van der Waals surface area (Å²) < 4.78 is 5.37. The lowest BCUT2D eigenvalue weighted by atomic mass is 10.1. The van der Waals surface area contributed by atoms with Crippen molar-refractivity contribution in [2.45, 2.75) is 6.42 Å². The number of carbonyl (C=O) groups is 1. The van der Waals surface area contributed by atoms with Gasteiger partial charge in [0.05, 0.1) is 12.8 Å². The van der Waals surface area contributed by atoms with E-state index >= 15 is 0 Å². The van der Waals surface area contributed by atoms with Crippen LogP contribution in [0.2, 0.25) is 0 Å². The molecule has 3 rings (SSSR count). The number of hydrogen-bond donors (Lipinski definition) is 2. The van der Waals surface area contributed by atoms with Gasteiger partial charge in [-0.15, -0.1) is 0 Å². The summed E-state index contributed by atoms with van der Waals surface area (Å²) in [5.41, 5.74) is 8.54. The summed E-state index contributed by atoms with van der Waals surface area (Å²) in [5, 5.41) is 3.30. The number of para-hydroxylation sites is 1. The predicted octanol–water partition coefficient (Wildman–Crippen LogP) is 2.91. The molecule has 0 aliphatic heterocycles. The van der Waals surface area contributed by atoms with Gasteiger partial charge in [0.15, 0.2) is 0 Å². The number of aromatic nitrogens is 2. The first-order valence-corrected chi connectivity index (χ1v) is 8.25. The third-order valence-corrected chi connectivity index (χ3v) is 4.03. The number of nitrogens with one attached hydrogen (secondary N) is 1. The minimum absolute atomic E-state index is 0.446. The van der Waals surface area contributed by atoms with Crippen molar-refractivity contribution < 1.29 is 9.53 Å². The molecule has 26 heavy (non-hydrogen) atoms. The molecule has 3 aromatic rings. The first kappa shape index (κ1) is 17.4. The molecule has 0 saturated carbocycles. The molecule has 0 aliphatic rings. The lowest BCUT2D eigenvalue weighted by molar-refractivity contribution is 0.100. The van der Waals surface area contributed by atoms with Crippen LogP contribution in [-0.4, -0.2) is 29.5 Å². The lowest BCUT2D eigenvalue weighted by Crippen LogP contribution is -2.10. The number of benzene rings is 2. The van der Waals surface area contributed by atoms with Gasteiger partial charge in [0.25, 0.3) is 0 Å². The van der Waals surface area contributed by atoms with Gasteiger partial charge in [-0.2, -0.15) is 0 Å². The number of nitrogens with two attached hydrogens (primary N) is 1. The van der Waals surface area contributed by atoms with Gasteiger partial charge in [-0.05, 0) is 30.2 Å². The molecule has 0 bridgehead atoms. The Balaban J connectivity index is 1.66. The molecule has 3 N–H and O–H groups in total. The van der Waals surface area contributed by atoms with E-state index < -0.39 is 5.91 Å². The van der Waals surface area contributed by atoms with Gasteiger partial charge in [0.2, 0.25) is 5.91 Å². The van der Waals surface area contributed by atoms with Crippen LogP contribution in [0.25, 0.3) is 11.3 Å². The summed E-state index contributed by atoms with van der Waals surface area (Å²) in [7, 11) is 1.67. The topological polar surface area (TPSA) is 90.1 Å². The van der Waals surface area contributed by atoms with E-state index in [9.17, 15) is 4.79 Å². The SMILES string of the molecule is COc1ccccc1CCNc1cc(-c2ccc(C(N)=O)cc2)ncn1. The Morgan fingerprint density at radius 2 is 1.88 bits per heavy atom. The Labute approximate surface area is 152 Å². The van der Waals surface area contributed by atoms with E-state index in [1.807, 2.05) is 42.5 Å². The summed E-state index contributed by atoms with van der Waals surface area (Å²) in [6, 6.07) is 16.8. The lowest BCUT2D eigenvalue weighted by Gasteiger charge is -2.10. The van der Waals surface area contributed by atoms with E-state index in [0.717, 1.165) is 41.4 Å². The highest BCUT2D eigenvalue weighted by Gasteiger charge is 2.05. The van der Waals surface area contributed by atoms with Crippen LogP contribution in [0.5, 0.6) is 5.75 Å². The molecule has 0 atom stereocenters. The zero-order valence-electron chi connectivity index (χ0n) is 14.5. The number of anilines is 1. The summed E-state index contributed by atoms with van der Waals surface area (Å²) in [5.74, 6) is 1.18. The number of nitrogens with zero attached hydrogens (tertiary/aromatic N) is 2. The quantitative estimate of drug-likeness (QED) is 0.685. The predicted molar refractivity (Wildman–Crippen MR) is 101 cm³/mol. The van der Waals surface area contributed by atoms with E-state index in [1.54, 1.807) is 19.2 Å². The molecule has 1 amide bonds. The Morgan fingerprint density at radius 3 is 2.62 bits per heavy atom. The minimum atomic E-state index is -0.446. The molecule has 2 aromatic carbocycles. The van der Waals surface area contributed by atoms with E-state index in [1.165, 1.54) is 6.33 Å². The number of hydrogen-bond acceptors (Lipinski definition) is 5. The maximum Gasteiger partial charge on any atom is 0.248 e. The molecule has 0 spiro atoms. The normalized spacial score (nSPS) is 10.3. The fourth-order valence-electron chi connectivity index (χ4n) is 2.65. The van der Waals surface area contributed by atoms with Crippen LogP contribution in [0.3, 0.4) is 0 Å². The molecule has 132 valence electrons. The van der Waals surface area contributed by atoms with Crippen LogP contribution in [0.15, 0.2) is 60.9 Å². The van der Waals surface area contributed by atoms with Crippen molar-refractivity contribution in [3.8, 4) is 17.0 Å². The number of carbonyl (C=O) groups excluding carboxylic acids is 1. The second-order valence-electron chi connectivity index (χ2n) is 5.72. The van der Waals surface area contributed by atoms with Crippen LogP contribution in [0.1, 0.15) is 15.9 Å². The molecule has 0 fully saturated rings. The number of amides is 1. The van der Waals surface area contributed by atoms with Crippen LogP contribution < -0.4 is 15.8 Å². The van der Waals surface area contributed by atoms with Crippen molar-refractivity contribution in [3.05, 3.63) is 72.1 Å². The highest BCUT2D eigenvalue weighted by atomic mass is 16.5. The number of primary amides is 1. The molecular formula is C20H20N4O2. The summed E-state index contributed by atoms with van der Waals surface area (Å²) >= 11 is 0. The van der Waals surface area contributed by atoms with Crippen molar-refractivity contribution in [2.24, 2.45) is 5.73 Å². The van der Waals surface area contributed by atoms with Gasteiger partial charge in [-0.3, -0.25) is 4.79 Å². The number of methoxy groups -OCH3 is 1. The highest BCUT2D eigenvalue weighted by molar-refractivity contribution is 5.93. The Kier molecular flexibility index (Phi) is 5.43. The zero-order chi connectivity index (χ0) is 18.4. The van der Waals surface area contributed by atoms with Gasteiger partial charge in [0, 0.05) is 23.7 Å². The molecule has 6 heteroatoms. The largest absolute Gasteiger partial charge is 0.496 e. The maximum absolute atomic E-state index is 11.2. The van der Waals surface area contributed by atoms with Gasteiger partial charge >= 0.3 is 0 Å².